The zero-order chi connectivity index (χ0) is 22.2. The van der Waals surface area contributed by atoms with Gasteiger partial charge in [-0.1, -0.05) is 12.1 Å². The highest BCUT2D eigenvalue weighted by Crippen LogP contribution is 2.34. The van der Waals surface area contributed by atoms with Crippen molar-refractivity contribution in [3.8, 4) is 23.0 Å². The van der Waals surface area contributed by atoms with Crippen molar-refractivity contribution in [2.24, 2.45) is 4.99 Å². The van der Waals surface area contributed by atoms with Gasteiger partial charge in [0, 0.05) is 6.08 Å². The van der Waals surface area contributed by atoms with Crippen LogP contribution in [0.15, 0.2) is 58.8 Å². The average Bonchev–Trinajstić information content (AvgIpc) is 3.41. The number of hydrogen-bond donors (Lipinski definition) is 1. The Labute approximate surface area is 183 Å². The number of rotatable bonds is 5. The predicted molar refractivity (Wildman–Crippen MR) is 115 cm³/mol. The maximum absolute atomic E-state index is 12.4. The molecule has 5 rings (SSSR count). The maximum atomic E-state index is 12.4. The number of amides is 1. The molecule has 32 heavy (non-hydrogen) atoms. The van der Waals surface area contributed by atoms with Gasteiger partial charge in [-0.25, -0.2) is 0 Å². The van der Waals surface area contributed by atoms with Crippen molar-refractivity contribution < 1.29 is 28.6 Å². The molecule has 0 spiro atoms. The molecule has 3 aliphatic heterocycles. The fourth-order valence-corrected chi connectivity index (χ4v) is 3.45. The molecule has 0 fully saturated rings. The van der Waals surface area contributed by atoms with Gasteiger partial charge in [0.25, 0.3) is 5.91 Å². The van der Waals surface area contributed by atoms with Crippen molar-refractivity contribution in [1.82, 2.24) is 5.06 Å². The third-order valence-electron chi connectivity index (χ3n) is 5.01. The van der Waals surface area contributed by atoms with Crippen LogP contribution in [-0.2, 0) is 16.2 Å². The zero-order valence-electron chi connectivity index (χ0n) is 17.4. The topological polar surface area (TPSA) is 103 Å². The Morgan fingerprint density at radius 3 is 2.84 bits per heavy atom. The van der Waals surface area contributed by atoms with Crippen LogP contribution < -0.4 is 18.9 Å². The number of fused-ring (bicyclic) bond motifs is 2. The molecule has 0 aliphatic carbocycles. The number of allylic oxidation sites excluding steroid dienone is 1. The molecule has 0 unspecified atom stereocenters. The van der Waals surface area contributed by atoms with Crippen LogP contribution in [0.3, 0.4) is 0 Å². The normalized spacial score (nSPS) is 17.7. The van der Waals surface area contributed by atoms with Crippen molar-refractivity contribution in [3.63, 3.8) is 0 Å². The first kappa shape index (κ1) is 19.7. The van der Waals surface area contributed by atoms with Gasteiger partial charge < -0.3 is 23.8 Å². The Kier molecular flexibility index (Phi) is 4.78. The second-order valence-electron chi connectivity index (χ2n) is 7.21. The molecule has 1 amide bonds. The monoisotopic (exact) mass is 433 g/mol. The van der Waals surface area contributed by atoms with E-state index in [1.54, 1.807) is 37.3 Å². The van der Waals surface area contributed by atoms with Gasteiger partial charge >= 0.3 is 0 Å². The van der Waals surface area contributed by atoms with Gasteiger partial charge in [0.2, 0.25) is 6.79 Å². The zero-order valence-corrected chi connectivity index (χ0v) is 17.4. The van der Waals surface area contributed by atoms with Gasteiger partial charge in [0.05, 0.1) is 12.7 Å². The number of aliphatic imine (C=N–C) groups is 1. The summed E-state index contributed by atoms with van der Waals surface area (Å²) in [5, 5.41) is 9.55. The van der Waals surface area contributed by atoms with E-state index >= 15 is 0 Å². The third kappa shape index (κ3) is 3.53. The van der Waals surface area contributed by atoms with E-state index in [0.717, 1.165) is 5.56 Å². The molecule has 9 nitrogen and oxygen atoms in total. The van der Waals surface area contributed by atoms with E-state index in [-0.39, 0.29) is 18.2 Å². The average molecular weight is 433 g/mol. The fourth-order valence-electron chi connectivity index (χ4n) is 3.45. The molecule has 0 aromatic heterocycles. The number of amidine groups is 2. The van der Waals surface area contributed by atoms with Crippen LogP contribution in [0, 0.1) is 5.41 Å². The number of hydroxylamine groups is 2. The summed E-state index contributed by atoms with van der Waals surface area (Å²) in [6.07, 6.45) is 3.19. The molecule has 3 aliphatic rings. The molecule has 9 heteroatoms. The van der Waals surface area contributed by atoms with Gasteiger partial charge in [0.1, 0.15) is 12.4 Å². The smallest absolute Gasteiger partial charge is 0.282 e. The number of nitrogens with one attached hydrogen (secondary N) is 1. The molecule has 0 atom stereocenters. The van der Waals surface area contributed by atoms with Gasteiger partial charge in [-0.3, -0.25) is 10.2 Å². The molecule has 0 radical (unpaired) electrons. The largest absolute Gasteiger partial charge is 0.493 e. The summed E-state index contributed by atoms with van der Waals surface area (Å²) in [6.45, 7) is 2.26. The molecule has 0 bridgehead atoms. The number of carbonyl (C=O) groups excluding carboxylic acids is 1. The Morgan fingerprint density at radius 1 is 1.16 bits per heavy atom. The van der Waals surface area contributed by atoms with E-state index < -0.39 is 5.91 Å². The summed E-state index contributed by atoms with van der Waals surface area (Å²) >= 11 is 0. The Hall–Kier alpha value is -4.27. The van der Waals surface area contributed by atoms with Crippen molar-refractivity contribution in [2.75, 3.05) is 13.9 Å². The molecular formula is C23H19N3O6. The number of benzene rings is 2. The van der Waals surface area contributed by atoms with Crippen LogP contribution in [0.1, 0.15) is 18.1 Å². The van der Waals surface area contributed by atoms with Crippen LogP contribution >= 0.6 is 0 Å². The lowest BCUT2D eigenvalue weighted by Crippen LogP contribution is -2.38. The Morgan fingerprint density at radius 2 is 2.00 bits per heavy atom. The minimum absolute atomic E-state index is 0.0739. The number of hydrogen-bond acceptors (Lipinski definition) is 7. The van der Waals surface area contributed by atoms with E-state index in [1.165, 1.54) is 12.2 Å². The molecule has 162 valence electrons. The molecular weight excluding hydrogens is 414 g/mol. The highest BCUT2D eigenvalue weighted by atomic mass is 16.7. The van der Waals surface area contributed by atoms with Crippen molar-refractivity contribution >= 4 is 23.7 Å². The first-order valence-electron chi connectivity index (χ1n) is 9.81. The quantitative estimate of drug-likeness (QED) is 0.721. The minimum Gasteiger partial charge on any atom is -0.493 e. The summed E-state index contributed by atoms with van der Waals surface area (Å²) in [5.74, 6) is 2.74. The SMILES string of the molecule is COc1cc(/C=C2/C(=N)N3OC(C)=CC3=NC2=O)ccc1OCc1ccc2c(c1)OCO2. The van der Waals surface area contributed by atoms with Gasteiger partial charge in [-0.2, -0.15) is 4.99 Å². The van der Waals surface area contributed by atoms with Gasteiger partial charge in [-0.15, -0.1) is 5.06 Å². The van der Waals surface area contributed by atoms with E-state index in [1.807, 2.05) is 18.2 Å². The van der Waals surface area contributed by atoms with Crippen LogP contribution in [0.25, 0.3) is 6.08 Å². The van der Waals surface area contributed by atoms with Crippen LogP contribution in [0.4, 0.5) is 0 Å². The summed E-state index contributed by atoms with van der Waals surface area (Å²) < 4.78 is 22.1. The lowest BCUT2D eigenvalue weighted by atomic mass is 10.1. The summed E-state index contributed by atoms with van der Waals surface area (Å²) in [6, 6.07) is 10.9. The predicted octanol–water partition coefficient (Wildman–Crippen LogP) is 3.45. The van der Waals surface area contributed by atoms with Gasteiger partial charge in [-0.05, 0) is 48.4 Å². The van der Waals surface area contributed by atoms with Gasteiger partial charge in [0.15, 0.2) is 34.7 Å². The number of methoxy groups -OCH3 is 1. The second-order valence-corrected chi connectivity index (χ2v) is 7.21. The Balaban J connectivity index is 1.35. The van der Waals surface area contributed by atoms with E-state index in [0.29, 0.717) is 46.8 Å². The molecule has 0 saturated heterocycles. The van der Waals surface area contributed by atoms with E-state index in [9.17, 15) is 4.79 Å². The highest BCUT2D eigenvalue weighted by Gasteiger charge is 2.34. The van der Waals surface area contributed by atoms with Crippen molar-refractivity contribution in [2.45, 2.75) is 13.5 Å². The summed E-state index contributed by atoms with van der Waals surface area (Å²) in [7, 11) is 1.54. The minimum atomic E-state index is -0.502. The first-order chi connectivity index (χ1) is 15.5. The maximum Gasteiger partial charge on any atom is 0.282 e. The molecule has 3 heterocycles. The van der Waals surface area contributed by atoms with Crippen LogP contribution in [0.2, 0.25) is 0 Å². The Bertz CT molecular complexity index is 1230. The number of carbonyl (C=O) groups is 1. The van der Waals surface area contributed by atoms with Crippen molar-refractivity contribution in [3.05, 3.63) is 64.9 Å². The van der Waals surface area contributed by atoms with E-state index in [2.05, 4.69) is 4.99 Å². The highest BCUT2D eigenvalue weighted by molar-refractivity contribution is 6.32. The number of nitrogens with zero attached hydrogens (tertiary/aromatic N) is 2. The molecule has 1 N–H and O–H groups in total. The van der Waals surface area contributed by atoms with Crippen LogP contribution in [-0.4, -0.2) is 36.5 Å². The standard InChI is InChI=1S/C23H19N3O6/c1-13-7-21-25-23(27)16(22(24)26(21)32-13)8-14-3-5-17(19(9-14)28-2)29-11-15-4-6-18-20(10-15)31-12-30-18/h3-10,24H,11-12H2,1-2H3/b16-8-,24-22?. The summed E-state index contributed by atoms with van der Waals surface area (Å²) in [5.41, 5.74) is 1.70. The third-order valence-corrected chi connectivity index (χ3v) is 5.01. The summed E-state index contributed by atoms with van der Waals surface area (Å²) in [4.78, 5) is 21.9. The lowest BCUT2D eigenvalue weighted by Gasteiger charge is -2.23. The molecule has 2 aromatic rings. The molecule has 0 saturated carbocycles. The second kappa shape index (κ2) is 7.77. The fraction of sp³-hybridized carbons (Fsp3) is 0.174. The molecule has 2 aromatic carbocycles. The van der Waals surface area contributed by atoms with Crippen molar-refractivity contribution in [1.29, 1.82) is 5.41 Å². The van der Waals surface area contributed by atoms with E-state index in [4.69, 9.17) is 29.2 Å². The number of ether oxygens (including phenoxy) is 4. The van der Waals surface area contributed by atoms with Crippen LogP contribution in [0.5, 0.6) is 23.0 Å². The first-order valence-corrected chi connectivity index (χ1v) is 9.81. The lowest BCUT2D eigenvalue weighted by molar-refractivity contribution is -0.114.